The van der Waals surface area contributed by atoms with E-state index < -0.39 is 0 Å². The van der Waals surface area contributed by atoms with Gasteiger partial charge >= 0.3 is 0 Å². The predicted octanol–water partition coefficient (Wildman–Crippen LogP) is 4.46. The Hall–Kier alpha value is -3.06. The van der Waals surface area contributed by atoms with Gasteiger partial charge in [0.25, 0.3) is 5.91 Å². The average Bonchev–Trinajstić information content (AvgIpc) is 3.66. The molecule has 34 heavy (non-hydrogen) atoms. The molecule has 7 nitrogen and oxygen atoms in total. The molecule has 0 bridgehead atoms. The number of rotatable bonds is 5. The summed E-state index contributed by atoms with van der Waals surface area (Å²) in [6.07, 6.45) is 17.6. The first-order valence-electron chi connectivity index (χ1n) is 12.6. The van der Waals surface area contributed by atoms with Crippen LogP contribution in [0.25, 0.3) is 11.1 Å². The van der Waals surface area contributed by atoms with Gasteiger partial charge < -0.3 is 10.1 Å². The molecule has 3 heterocycles. The zero-order valence-corrected chi connectivity index (χ0v) is 19.7. The Labute approximate surface area is 199 Å². The number of carbonyl (C=O) groups excluding carboxylic acids is 1. The van der Waals surface area contributed by atoms with E-state index >= 15 is 0 Å². The Morgan fingerprint density at radius 2 is 2.00 bits per heavy atom. The Balaban J connectivity index is 1.28. The van der Waals surface area contributed by atoms with Crippen LogP contribution < -0.4 is 5.32 Å². The molecule has 3 aromatic rings. The minimum atomic E-state index is -0.0549. The minimum Gasteiger partial charge on any atom is -0.381 e. The second-order valence-electron chi connectivity index (χ2n) is 9.86. The van der Waals surface area contributed by atoms with Gasteiger partial charge in [-0.1, -0.05) is 6.08 Å². The molecule has 3 aromatic heterocycles. The van der Waals surface area contributed by atoms with Gasteiger partial charge in [0.05, 0.1) is 29.1 Å². The van der Waals surface area contributed by atoms with Crippen LogP contribution in [-0.4, -0.2) is 44.7 Å². The third kappa shape index (κ3) is 4.13. The van der Waals surface area contributed by atoms with Gasteiger partial charge in [0.1, 0.15) is 5.82 Å². The normalized spacial score (nSPS) is 22.7. The number of nitrogens with one attached hydrogen (secondary N) is 1. The number of amides is 1. The lowest BCUT2D eigenvalue weighted by atomic mass is 9.93. The van der Waals surface area contributed by atoms with Gasteiger partial charge in [-0.3, -0.25) is 4.79 Å². The number of allylic oxidation sites excluding steroid dienone is 1. The highest BCUT2D eigenvalue weighted by molar-refractivity contribution is 6.01. The van der Waals surface area contributed by atoms with Gasteiger partial charge in [0.2, 0.25) is 0 Å². The summed E-state index contributed by atoms with van der Waals surface area (Å²) in [5.74, 6) is 1.50. The molecule has 1 N–H and O–H groups in total. The number of nitrogens with zero attached hydrogens (tertiary/aromatic N) is 4. The lowest BCUT2D eigenvalue weighted by molar-refractivity contribution is 0.0599. The third-order valence-corrected chi connectivity index (χ3v) is 7.51. The number of methoxy groups -OCH3 is 1. The van der Waals surface area contributed by atoms with E-state index in [9.17, 15) is 4.79 Å². The van der Waals surface area contributed by atoms with Gasteiger partial charge in [-0.15, -0.1) is 0 Å². The molecule has 0 atom stereocenters. The van der Waals surface area contributed by atoms with Crippen LogP contribution >= 0.6 is 0 Å². The Kier molecular flexibility index (Phi) is 5.65. The molecular formula is C27H31N5O2. The van der Waals surface area contributed by atoms with E-state index in [1.165, 1.54) is 12.8 Å². The molecule has 6 rings (SSSR count). The van der Waals surface area contributed by atoms with Crippen LogP contribution in [0.5, 0.6) is 0 Å². The number of pyridine rings is 1. The SMILES string of the molecule is CO[C@H]1CC[C@H](NC(=O)c2cnn3ccc(C4=CCCCc5nc(C6CC6)ncc54)cc23)CC1. The first kappa shape index (κ1) is 21.5. The summed E-state index contributed by atoms with van der Waals surface area (Å²) in [5.41, 5.74) is 5.94. The van der Waals surface area contributed by atoms with Crippen molar-refractivity contribution < 1.29 is 9.53 Å². The van der Waals surface area contributed by atoms with E-state index in [0.717, 1.165) is 78.7 Å². The largest absolute Gasteiger partial charge is 0.381 e. The number of aryl methyl sites for hydroxylation is 1. The van der Waals surface area contributed by atoms with Gasteiger partial charge in [-0.05, 0) is 81.1 Å². The Bertz CT molecular complexity index is 1250. The monoisotopic (exact) mass is 457 g/mol. The quantitative estimate of drug-likeness (QED) is 0.612. The molecular weight excluding hydrogens is 426 g/mol. The number of aromatic nitrogens is 4. The zero-order valence-electron chi connectivity index (χ0n) is 19.7. The lowest BCUT2D eigenvalue weighted by Crippen LogP contribution is -2.38. The van der Waals surface area contributed by atoms with Crippen molar-refractivity contribution in [2.75, 3.05) is 7.11 Å². The molecule has 0 radical (unpaired) electrons. The maximum atomic E-state index is 13.2. The highest BCUT2D eigenvalue weighted by Crippen LogP contribution is 2.39. The van der Waals surface area contributed by atoms with E-state index in [0.29, 0.717) is 17.6 Å². The fourth-order valence-corrected chi connectivity index (χ4v) is 5.31. The topological polar surface area (TPSA) is 81.4 Å². The van der Waals surface area contributed by atoms with Crippen LogP contribution in [-0.2, 0) is 11.2 Å². The smallest absolute Gasteiger partial charge is 0.255 e. The lowest BCUT2D eigenvalue weighted by Gasteiger charge is -2.28. The van der Waals surface area contributed by atoms with Gasteiger partial charge in [0, 0.05) is 37.0 Å². The molecule has 3 aliphatic carbocycles. The van der Waals surface area contributed by atoms with E-state index in [2.05, 4.69) is 28.6 Å². The Morgan fingerprint density at radius 1 is 1.15 bits per heavy atom. The second-order valence-corrected chi connectivity index (χ2v) is 9.86. The highest BCUT2D eigenvalue weighted by atomic mass is 16.5. The zero-order chi connectivity index (χ0) is 23.1. The van der Waals surface area contributed by atoms with Crippen molar-refractivity contribution in [2.45, 2.75) is 75.9 Å². The molecule has 0 spiro atoms. The first-order valence-corrected chi connectivity index (χ1v) is 12.6. The van der Waals surface area contributed by atoms with Crippen molar-refractivity contribution in [3.05, 3.63) is 65.0 Å². The predicted molar refractivity (Wildman–Crippen MR) is 130 cm³/mol. The molecule has 0 unspecified atom stereocenters. The molecule has 1 amide bonds. The van der Waals surface area contributed by atoms with Gasteiger partial charge in [-0.25, -0.2) is 14.5 Å². The van der Waals surface area contributed by atoms with Crippen molar-refractivity contribution in [2.24, 2.45) is 0 Å². The van der Waals surface area contributed by atoms with Gasteiger partial charge in [-0.2, -0.15) is 5.10 Å². The van der Waals surface area contributed by atoms with Crippen molar-refractivity contribution in [3.8, 4) is 0 Å². The summed E-state index contributed by atoms with van der Waals surface area (Å²) < 4.78 is 7.24. The fourth-order valence-electron chi connectivity index (χ4n) is 5.31. The standard InChI is InChI=1S/C27H31N5O2/c1-34-20-10-8-19(9-11-20)30-27(33)23-16-29-32-13-12-18(14-25(23)32)21-4-2-3-5-24-22(21)15-28-26(31-24)17-6-7-17/h4,12-17,19-20H,2-3,5-11H2,1H3,(H,30,33)/t19-,20-. The Morgan fingerprint density at radius 3 is 2.79 bits per heavy atom. The van der Waals surface area contributed by atoms with E-state index in [1.807, 2.05) is 12.4 Å². The van der Waals surface area contributed by atoms with Crippen molar-refractivity contribution in [3.63, 3.8) is 0 Å². The summed E-state index contributed by atoms with van der Waals surface area (Å²) in [5, 5.41) is 7.66. The number of hydrogen-bond donors (Lipinski definition) is 1. The van der Waals surface area contributed by atoms with Crippen molar-refractivity contribution in [1.82, 2.24) is 24.9 Å². The molecule has 2 saturated carbocycles. The van der Waals surface area contributed by atoms with E-state index in [1.54, 1.807) is 17.8 Å². The summed E-state index contributed by atoms with van der Waals surface area (Å²) in [4.78, 5) is 22.8. The summed E-state index contributed by atoms with van der Waals surface area (Å²) in [6.45, 7) is 0. The molecule has 3 aliphatic rings. The number of carbonyl (C=O) groups is 1. The minimum absolute atomic E-state index is 0.0549. The maximum absolute atomic E-state index is 13.2. The molecule has 0 saturated heterocycles. The number of fused-ring (bicyclic) bond motifs is 2. The average molecular weight is 458 g/mol. The van der Waals surface area contributed by atoms with Crippen LogP contribution in [0.15, 0.2) is 36.8 Å². The molecule has 0 aliphatic heterocycles. The maximum Gasteiger partial charge on any atom is 0.255 e. The number of hydrogen-bond acceptors (Lipinski definition) is 5. The van der Waals surface area contributed by atoms with E-state index in [-0.39, 0.29) is 11.9 Å². The van der Waals surface area contributed by atoms with Crippen LogP contribution in [0.4, 0.5) is 0 Å². The molecule has 2 fully saturated rings. The number of ether oxygens (including phenoxy) is 1. The summed E-state index contributed by atoms with van der Waals surface area (Å²) in [7, 11) is 1.76. The highest BCUT2D eigenvalue weighted by Gasteiger charge is 2.28. The van der Waals surface area contributed by atoms with Gasteiger partial charge in [0.15, 0.2) is 0 Å². The van der Waals surface area contributed by atoms with Crippen LogP contribution in [0, 0.1) is 0 Å². The molecule has 7 heteroatoms. The van der Waals surface area contributed by atoms with Crippen LogP contribution in [0.2, 0.25) is 0 Å². The fraction of sp³-hybridized carbons (Fsp3) is 0.481. The first-order chi connectivity index (χ1) is 16.7. The summed E-state index contributed by atoms with van der Waals surface area (Å²) >= 11 is 0. The third-order valence-electron chi connectivity index (χ3n) is 7.51. The molecule has 0 aromatic carbocycles. The summed E-state index contributed by atoms with van der Waals surface area (Å²) in [6, 6.07) is 4.34. The second kappa shape index (κ2) is 8.95. The van der Waals surface area contributed by atoms with Crippen molar-refractivity contribution >= 4 is 17.0 Å². The molecule has 176 valence electrons. The van der Waals surface area contributed by atoms with E-state index in [4.69, 9.17) is 14.7 Å². The van der Waals surface area contributed by atoms with Crippen LogP contribution in [0.3, 0.4) is 0 Å². The van der Waals surface area contributed by atoms with Crippen LogP contribution in [0.1, 0.15) is 90.3 Å². The van der Waals surface area contributed by atoms with Crippen molar-refractivity contribution in [1.29, 1.82) is 0 Å².